The molecule has 3 heterocycles. The lowest BCUT2D eigenvalue weighted by Gasteiger charge is -2.36. The maximum Gasteiger partial charge on any atom is 0.151 e. The molecule has 0 radical (unpaired) electrons. The van der Waals surface area contributed by atoms with Crippen LogP contribution >= 0.6 is 0 Å². The van der Waals surface area contributed by atoms with Gasteiger partial charge in [0.25, 0.3) is 0 Å². The molecule has 0 aromatic carbocycles. The zero-order valence-electron chi connectivity index (χ0n) is 12.1. The van der Waals surface area contributed by atoms with Gasteiger partial charge < -0.3 is 19.8 Å². The van der Waals surface area contributed by atoms with Crippen LogP contribution in [0.5, 0.6) is 0 Å². The lowest BCUT2D eigenvalue weighted by Crippen LogP contribution is -2.46. The Morgan fingerprint density at radius 1 is 1.30 bits per heavy atom. The van der Waals surface area contributed by atoms with Crippen molar-refractivity contribution in [3.63, 3.8) is 0 Å². The van der Waals surface area contributed by atoms with E-state index in [-0.39, 0.29) is 12.2 Å². The summed E-state index contributed by atoms with van der Waals surface area (Å²) in [5.41, 5.74) is 7.96. The van der Waals surface area contributed by atoms with Crippen LogP contribution in [0.15, 0.2) is 24.4 Å². The van der Waals surface area contributed by atoms with Gasteiger partial charge in [-0.25, -0.2) is 4.98 Å². The van der Waals surface area contributed by atoms with Gasteiger partial charge in [-0.2, -0.15) is 0 Å². The summed E-state index contributed by atoms with van der Waals surface area (Å²) in [5.74, 6) is 1.06. The van der Waals surface area contributed by atoms with Crippen molar-refractivity contribution in [3.8, 4) is 0 Å². The molecule has 0 spiro atoms. The van der Waals surface area contributed by atoms with Crippen LogP contribution in [0, 0.1) is 0 Å². The van der Waals surface area contributed by atoms with E-state index < -0.39 is 0 Å². The van der Waals surface area contributed by atoms with Gasteiger partial charge in [-0.05, 0) is 32.5 Å². The molecule has 0 unspecified atom stereocenters. The highest BCUT2D eigenvalue weighted by atomic mass is 16.5. The van der Waals surface area contributed by atoms with E-state index in [1.807, 2.05) is 18.2 Å². The van der Waals surface area contributed by atoms with Crippen LogP contribution in [0.3, 0.4) is 0 Å². The van der Waals surface area contributed by atoms with Crippen LogP contribution in [-0.4, -0.2) is 41.2 Å². The van der Waals surface area contributed by atoms with Crippen molar-refractivity contribution < 1.29 is 4.74 Å². The highest BCUT2D eigenvalue weighted by Crippen LogP contribution is 2.25. The molecule has 1 fully saturated rings. The number of nitrogens with two attached hydrogens (primary N) is 1. The van der Waals surface area contributed by atoms with Crippen molar-refractivity contribution in [2.75, 3.05) is 24.5 Å². The first-order chi connectivity index (χ1) is 9.69. The van der Waals surface area contributed by atoms with Crippen LogP contribution in [0.1, 0.15) is 19.5 Å². The summed E-state index contributed by atoms with van der Waals surface area (Å²) in [6, 6.07) is 6.09. The molecule has 1 aliphatic rings. The van der Waals surface area contributed by atoms with Gasteiger partial charge in [0.2, 0.25) is 0 Å². The number of hydrogen-bond acceptors (Lipinski definition) is 4. The van der Waals surface area contributed by atoms with Crippen molar-refractivity contribution in [3.05, 3.63) is 30.1 Å². The number of fused-ring (bicyclic) bond motifs is 1. The number of aromatic nitrogens is 2. The Morgan fingerprint density at radius 3 is 2.75 bits per heavy atom. The highest BCUT2D eigenvalue weighted by Gasteiger charge is 2.26. The molecule has 2 aromatic heterocycles. The quantitative estimate of drug-likeness (QED) is 0.920. The molecule has 108 valence electrons. The predicted molar refractivity (Wildman–Crippen MR) is 80.2 cm³/mol. The lowest BCUT2D eigenvalue weighted by molar-refractivity contribution is -0.00547. The third-order valence-corrected chi connectivity index (χ3v) is 3.71. The Hall–Kier alpha value is -1.59. The zero-order valence-corrected chi connectivity index (χ0v) is 12.1. The van der Waals surface area contributed by atoms with Crippen molar-refractivity contribution in [1.29, 1.82) is 0 Å². The lowest BCUT2D eigenvalue weighted by atomic mass is 10.2. The third kappa shape index (κ3) is 2.39. The van der Waals surface area contributed by atoms with Crippen molar-refractivity contribution in [1.82, 2.24) is 9.38 Å². The molecule has 5 nitrogen and oxygen atoms in total. The number of nitrogens with zero attached hydrogens (tertiary/aromatic N) is 3. The normalized spacial score (nSPS) is 23.4. The fraction of sp³-hybridized carbons (Fsp3) is 0.533. The van der Waals surface area contributed by atoms with Crippen molar-refractivity contribution >= 4 is 11.5 Å². The second-order valence-electron chi connectivity index (χ2n) is 5.51. The summed E-state index contributed by atoms with van der Waals surface area (Å²) in [6.07, 6.45) is 3.36. The van der Waals surface area contributed by atoms with Crippen LogP contribution in [-0.2, 0) is 11.2 Å². The van der Waals surface area contributed by atoms with Crippen LogP contribution in [0.25, 0.3) is 5.65 Å². The summed E-state index contributed by atoms with van der Waals surface area (Å²) in [6.45, 7) is 6.62. The molecule has 0 bridgehead atoms. The van der Waals surface area contributed by atoms with E-state index >= 15 is 0 Å². The van der Waals surface area contributed by atoms with Gasteiger partial charge in [0.15, 0.2) is 5.82 Å². The minimum absolute atomic E-state index is 0.231. The van der Waals surface area contributed by atoms with E-state index in [0.29, 0.717) is 6.54 Å². The SMILES string of the molecule is C[C@@H]1CN(c2nc3ccccn3c2CCN)C[C@H](C)O1. The topological polar surface area (TPSA) is 55.8 Å². The number of imidazole rings is 1. The van der Waals surface area contributed by atoms with Gasteiger partial charge in [-0.3, -0.25) is 0 Å². The Kier molecular flexibility index (Phi) is 3.63. The summed E-state index contributed by atoms with van der Waals surface area (Å²) >= 11 is 0. The molecule has 2 N–H and O–H groups in total. The molecule has 5 heteroatoms. The molecule has 20 heavy (non-hydrogen) atoms. The van der Waals surface area contributed by atoms with E-state index in [1.165, 1.54) is 5.69 Å². The van der Waals surface area contributed by atoms with E-state index in [0.717, 1.165) is 31.0 Å². The fourth-order valence-corrected chi connectivity index (χ4v) is 3.01. The molecule has 2 aromatic rings. The standard InChI is InChI=1S/C15H22N4O/c1-11-9-18(10-12(2)20-11)15-13(6-7-16)19-8-4-3-5-14(19)17-15/h3-5,8,11-12H,6-7,9-10,16H2,1-2H3/t11-,12+. The second kappa shape index (κ2) is 5.42. The van der Waals surface area contributed by atoms with Crippen LogP contribution in [0.4, 0.5) is 5.82 Å². The van der Waals surface area contributed by atoms with Gasteiger partial charge in [0.1, 0.15) is 5.65 Å². The predicted octanol–water partition coefficient (Wildman–Crippen LogP) is 1.45. The van der Waals surface area contributed by atoms with E-state index in [1.54, 1.807) is 0 Å². The number of rotatable bonds is 3. The number of anilines is 1. The van der Waals surface area contributed by atoms with Gasteiger partial charge in [-0.15, -0.1) is 0 Å². The summed E-state index contributed by atoms with van der Waals surface area (Å²) in [5, 5.41) is 0. The molecule has 0 aliphatic carbocycles. The molecule has 3 rings (SSSR count). The molecular formula is C15H22N4O. The Balaban J connectivity index is 2.03. The van der Waals surface area contributed by atoms with Crippen molar-refractivity contribution in [2.45, 2.75) is 32.5 Å². The Morgan fingerprint density at radius 2 is 2.05 bits per heavy atom. The van der Waals surface area contributed by atoms with Gasteiger partial charge in [-0.1, -0.05) is 6.07 Å². The highest BCUT2D eigenvalue weighted by molar-refractivity contribution is 5.56. The number of hydrogen-bond donors (Lipinski definition) is 1. The van der Waals surface area contributed by atoms with Gasteiger partial charge in [0.05, 0.1) is 17.9 Å². The first-order valence-electron chi connectivity index (χ1n) is 7.25. The van der Waals surface area contributed by atoms with Crippen LogP contribution < -0.4 is 10.6 Å². The number of ether oxygens (including phenoxy) is 1. The van der Waals surface area contributed by atoms with E-state index in [4.69, 9.17) is 15.5 Å². The molecular weight excluding hydrogens is 252 g/mol. The average Bonchev–Trinajstić information content (AvgIpc) is 2.77. The zero-order chi connectivity index (χ0) is 14.1. The Bertz CT molecular complexity index is 585. The molecule has 0 amide bonds. The minimum Gasteiger partial charge on any atom is -0.372 e. The summed E-state index contributed by atoms with van der Waals surface area (Å²) < 4.78 is 7.96. The molecule has 1 aliphatic heterocycles. The van der Waals surface area contributed by atoms with Crippen molar-refractivity contribution in [2.24, 2.45) is 5.73 Å². The maximum absolute atomic E-state index is 5.81. The van der Waals surface area contributed by atoms with E-state index in [2.05, 4.69) is 29.3 Å². The van der Waals surface area contributed by atoms with Crippen LogP contribution in [0.2, 0.25) is 0 Å². The smallest absolute Gasteiger partial charge is 0.151 e. The number of morpholine rings is 1. The first kappa shape index (κ1) is 13.4. The maximum atomic E-state index is 5.81. The second-order valence-corrected chi connectivity index (χ2v) is 5.51. The number of pyridine rings is 1. The van der Waals surface area contributed by atoms with Gasteiger partial charge >= 0.3 is 0 Å². The molecule has 0 saturated carbocycles. The summed E-state index contributed by atoms with van der Waals surface area (Å²) in [4.78, 5) is 7.13. The minimum atomic E-state index is 0.231. The van der Waals surface area contributed by atoms with E-state index in [9.17, 15) is 0 Å². The fourth-order valence-electron chi connectivity index (χ4n) is 3.01. The first-order valence-corrected chi connectivity index (χ1v) is 7.25. The molecule has 2 atom stereocenters. The largest absolute Gasteiger partial charge is 0.372 e. The third-order valence-electron chi connectivity index (χ3n) is 3.71. The monoisotopic (exact) mass is 274 g/mol. The molecule has 1 saturated heterocycles. The van der Waals surface area contributed by atoms with Gasteiger partial charge in [0, 0.05) is 25.7 Å². The Labute approximate surface area is 119 Å². The summed E-state index contributed by atoms with van der Waals surface area (Å²) in [7, 11) is 0. The average molecular weight is 274 g/mol.